The molecule has 2 N–H and O–H groups in total. The molecule has 4 heteroatoms. The minimum absolute atomic E-state index is 0.0851. The Hall–Kier alpha value is -3.89. The van der Waals surface area contributed by atoms with E-state index >= 15 is 0 Å². The van der Waals surface area contributed by atoms with Gasteiger partial charge in [-0.25, -0.2) is 0 Å². The summed E-state index contributed by atoms with van der Waals surface area (Å²) < 4.78 is 6.09. The highest BCUT2D eigenvalue weighted by atomic mass is 16.5. The second kappa shape index (κ2) is 8.69. The molecule has 158 valence electrons. The molecular formula is C28H24N2O2. The van der Waals surface area contributed by atoms with Gasteiger partial charge in [0.25, 0.3) is 0 Å². The van der Waals surface area contributed by atoms with Gasteiger partial charge in [0, 0.05) is 0 Å². The average Bonchev–Trinajstić information content (AvgIpc) is 2.87. The van der Waals surface area contributed by atoms with E-state index in [0.717, 1.165) is 16.7 Å². The molecule has 0 bridgehead atoms. The number of ether oxygens (including phenoxy) is 1. The van der Waals surface area contributed by atoms with Gasteiger partial charge < -0.3 is 10.1 Å². The highest BCUT2D eigenvalue weighted by Crippen LogP contribution is 2.38. The highest BCUT2D eigenvalue weighted by molar-refractivity contribution is 5.89. The number of carbonyl (C=O) groups excluding carboxylic acids is 1. The summed E-state index contributed by atoms with van der Waals surface area (Å²) >= 11 is 0. The van der Waals surface area contributed by atoms with E-state index in [-0.39, 0.29) is 5.91 Å². The molecule has 2 atom stereocenters. The number of β-lactam (4-membered cyclic amide) rings is 1. The van der Waals surface area contributed by atoms with E-state index in [1.807, 2.05) is 84.9 Å². The van der Waals surface area contributed by atoms with Crippen molar-refractivity contribution in [1.29, 1.82) is 0 Å². The molecular weight excluding hydrogens is 396 g/mol. The molecule has 1 aliphatic heterocycles. The molecule has 32 heavy (non-hydrogen) atoms. The number of para-hydroxylation sites is 1. The molecule has 1 amide bonds. The predicted molar refractivity (Wildman–Crippen MR) is 125 cm³/mol. The van der Waals surface area contributed by atoms with Crippen molar-refractivity contribution in [3.8, 4) is 5.75 Å². The summed E-state index contributed by atoms with van der Waals surface area (Å²) in [5.41, 5.74) is 2.42. The first-order chi connectivity index (χ1) is 15.8. The van der Waals surface area contributed by atoms with Gasteiger partial charge in [0.2, 0.25) is 5.91 Å². The molecule has 0 radical (unpaired) electrons. The van der Waals surface area contributed by atoms with Crippen LogP contribution in [0.3, 0.4) is 0 Å². The summed E-state index contributed by atoms with van der Waals surface area (Å²) in [6.07, 6.45) is -0.472. The third-order valence-electron chi connectivity index (χ3n) is 5.87. The van der Waals surface area contributed by atoms with Crippen LogP contribution in [-0.2, 0) is 10.3 Å². The zero-order valence-corrected chi connectivity index (χ0v) is 17.5. The Labute approximate surface area is 187 Å². The van der Waals surface area contributed by atoms with Crippen LogP contribution in [0.1, 0.15) is 16.7 Å². The van der Waals surface area contributed by atoms with Crippen LogP contribution in [0.15, 0.2) is 121 Å². The van der Waals surface area contributed by atoms with Crippen LogP contribution in [0.2, 0.25) is 0 Å². The summed E-state index contributed by atoms with van der Waals surface area (Å²) in [6, 6.07) is 39.7. The molecule has 0 aromatic heterocycles. The molecule has 5 rings (SSSR count). The number of amides is 1. The number of benzene rings is 4. The van der Waals surface area contributed by atoms with Gasteiger partial charge in [0.05, 0.1) is 5.54 Å². The van der Waals surface area contributed by atoms with Crippen LogP contribution in [-0.4, -0.2) is 18.2 Å². The first kappa shape index (κ1) is 20.0. The van der Waals surface area contributed by atoms with Crippen molar-refractivity contribution in [3.05, 3.63) is 138 Å². The van der Waals surface area contributed by atoms with E-state index < -0.39 is 17.8 Å². The van der Waals surface area contributed by atoms with Crippen LogP contribution in [0.25, 0.3) is 0 Å². The molecule has 4 nitrogen and oxygen atoms in total. The molecule has 4 aromatic carbocycles. The van der Waals surface area contributed by atoms with E-state index in [1.54, 1.807) is 0 Å². The minimum Gasteiger partial charge on any atom is -0.468 e. The van der Waals surface area contributed by atoms with Gasteiger partial charge in [-0.3, -0.25) is 10.1 Å². The van der Waals surface area contributed by atoms with Gasteiger partial charge in [0.15, 0.2) is 6.23 Å². The largest absolute Gasteiger partial charge is 0.468 e. The lowest BCUT2D eigenvalue weighted by atomic mass is 9.76. The van der Waals surface area contributed by atoms with Gasteiger partial charge in [-0.2, -0.15) is 0 Å². The Morgan fingerprint density at radius 1 is 0.625 bits per heavy atom. The van der Waals surface area contributed by atoms with Crippen LogP contribution in [0, 0.1) is 0 Å². The first-order valence-corrected chi connectivity index (χ1v) is 10.7. The summed E-state index contributed by atoms with van der Waals surface area (Å²) in [6.45, 7) is 0. The van der Waals surface area contributed by atoms with Gasteiger partial charge in [-0.15, -0.1) is 0 Å². The highest BCUT2D eigenvalue weighted by Gasteiger charge is 2.48. The van der Waals surface area contributed by atoms with E-state index in [0.29, 0.717) is 5.75 Å². The molecule has 0 saturated carbocycles. The average molecular weight is 421 g/mol. The second-order valence-corrected chi connectivity index (χ2v) is 7.83. The quantitative estimate of drug-likeness (QED) is 0.343. The molecule has 1 aliphatic rings. The Morgan fingerprint density at radius 2 is 1.03 bits per heavy atom. The lowest BCUT2D eigenvalue weighted by molar-refractivity contribution is -0.140. The van der Waals surface area contributed by atoms with E-state index in [1.165, 1.54) is 0 Å². The third-order valence-corrected chi connectivity index (χ3v) is 5.87. The summed E-state index contributed by atoms with van der Waals surface area (Å²) in [7, 11) is 0. The maximum atomic E-state index is 12.7. The van der Waals surface area contributed by atoms with Crippen molar-refractivity contribution in [2.24, 2.45) is 0 Å². The summed E-state index contributed by atoms with van der Waals surface area (Å²) in [5, 5.41) is 6.59. The van der Waals surface area contributed by atoms with Crippen LogP contribution >= 0.6 is 0 Å². The molecule has 1 heterocycles. The van der Waals surface area contributed by atoms with E-state index in [4.69, 9.17) is 4.74 Å². The zero-order valence-electron chi connectivity index (χ0n) is 17.5. The minimum atomic E-state index is -0.732. The number of hydrogen-bond acceptors (Lipinski definition) is 3. The summed E-state index contributed by atoms with van der Waals surface area (Å²) in [5.74, 6) is 0.632. The monoisotopic (exact) mass is 420 g/mol. The molecule has 1 fully saturated rings. The predicted octanol–water partition coefficient (Wildman–Crippen LogP) is 4.47. The first-order valence-electron chi connectivity index (χ1n) is 10.7. The van der Waals surface area contributed by atoms with Crippen molar-refractivity contribution in [2.45, 2.75) is 17.8 Å². The van der Waals surface area contributed by atoms with Gasteiger partial charge in [0.1, 0.15) is 11.8 Å². The Balaban J connectivity index is 1.61. The fourth-order valence-corrected chi connectivity index (χ4v) is 4.29. The number of nitrogens with one attached hydrogen (secondary N) is 2. The third kappa shape index (κ3) is 3.66. The van der Waals surface area contributed by atoms with Crippen molar-refractivity contribution in [2.75, 3.05) is 0 Å². The SMILES string of the molecule is O=C1NC(Oc2ccccc2)C1NC(c1ccccc1)(c1ccccc1)c1ccccc1. The fraction of sp³-hybridized carbons (Fsp3) is 0.107. The van der Waals surface area contributed by atoms with Crippen LogP contribution < -0.4 is 15.4 Å². The fourth-order valence-electron chi connectivity index (χ4n) is 4.29. The Kier molecular flexibility index (Phi) is 5.44. The van der Waals surface area contributed by atoms with E-state index in [2.05, 4.69) is 47.0 Å². The normalized spacial score (nSPS) is 17.8. The van der Waals surface area contributed by atoms with Crippen LogP contribution in [0.5, 0.6) is 5.75 Å². The second-order valence-electron chi connectivity index (χ2n) is 7.83. The smallest absolute Gasteiger partial charge is 0.245 e. The Morgan fingerprint density at radius 3 is 1.44 bits per heavy atom. The lowest BCUT2D eigenvalue weighted by Gasteiger charge is -2.45. The maximum absolute atomic E-state index is 12.7. The summed E-state index contributed by atoms with van der Waals surface area (Å²) in [4.78, 5) is 12.7. The van der Waals surface area contributed by atoms with Gasteiger partial charge >= 0.3 is 0 Å². The standard InChI is InChI=1S/C28H24N2O2/c31-26-25(27(29-26)32-24-19-11-4-12-20-24)30-28(21-13-5-1-6-14-21,22-15-7-2-8-16-22)23-17-9-3-10-18-23/h1-20,25,27,30H,(H,29,31). The lowest BCUT2D eigenvalue weighted by Crippen LogP contribution is -2.73. The molecule has 0 aliphatic carbocycles. The zero-order chi connectivity index (χ0) is 21.8. The Bertz CT molecular complexity index is 1070. The maximum Gasteiger partial charge on any atom is 0.245 e. The molecule has 2 unspecified atom stereocenters. The molecule has 0 spiro atoms. The van der Waals surface area contributed by atoms with Crippen molar-refractivity contribution >= 4 is 5.91 Å². The van der Waals surface area contributed by atoms with Gasteiger partial charge in [-0.1, -0.05) is 109 Å². The van der Waals surface area contributed by atoms with Crippen LogP contribution in [0.4, 0.5) is 0 Å². The van der Waals surface area contributed by atoms with Crippen molar-refractivity contribution < 1.29 is 9.53 Å². The van der Waals surface area contributed by atoms with Gasteiger partial charge in [-0.05, 0) is 28.8 Å². The number of carbonyl (C=O) groups is 1. The molecule has 1 saturated heterocycles. The molecule has 4 aromatic rings. The topological polar surface area (TPSA) is 50.4 Å². The van der Waals surface area contributed by atoms with E-state index in [9.17, 15) is 4.79 Å². The van der Waals surface area contributed by atoms with Crippen molar-refractivity contribution in [3.63, 3.8) is 0 Å². The van der Waals surface area contributed by atoms with Crippen molar-refractivity contribution in [1.82, 2.24) is 10.6 Å². The number of rotatable bonds is 7. The number of hydrogen-bond donors (Lipinski definition) is 2.